The summed E-state index contributed by atoms with van der Waals surface area (Å²) in [5, 5.41) is 3.39. The Morgan fingerprint density at radius 1 is 1.07 bits per heavy atom. The molecule has 0 bridgehead atoms. The molecule has 0 unspecified atom stereocenters. The number of rotatable bonds is 1. The van der Waals surface area contributed by atoms with Crippen molar-refractivity contribution in [1.82, 2.24) is 10.2 Å². The van der Waals surface area contributed by atoms with E-state index in [0.717, 1.165) is 5.41 Å². The Bertz CT molecular complexity index is 142. The van der Waals surface area contributed by atoms with Gasteiger partial charge in [-0.1, -0.05) is 27.2 Å². The first-order valence-corrected chi connectivity index (χ1v) is 6.19. The molecule has 0 aromatic rings. The molecular weight excluding hydrogens is 172 g/mol. The molecule has 0 saturated carbocycles. The van der Waals surface area contributed by atoms with Crippen LogP contribution in [0.15, 0.2) is 0 Å². The average Bonchev–Trinajstić information content (AvgIpc) is 2.17. The lowest BCUT2D eigenvalue weighted by Gasteiger charge is -2.48. The fraction of sp³-hybridized carbons (Fsp3) is 1.00. The van der Waals surface area contributed by atoms with Gasteiger partial charge in [0.15, 0.2) is 0 Å². The van der Waals surface area contributed by atoms with Gasteiger partial charge in [-0.2, -0.15) is 0 Å². The normalized spacial score (nSPS) is 25.1. The van der Waals surface area contributed by atoms with Crippen LogP contribution >= 0.6 is 0 Å². The van der Waals surface area contributed by atoms with Crippen LogP contribution in [0.2, 0.25) is 0 Å². The molecule has 1 spiro atoms. The lowest BCUT2D eigenvalue weighted by atomic mass is 9.73. The minimum absolute atomic E-state index is 0.728. The molecule has 0 aromatic carbocycles. The highest BCUT2D eigenvalue weighted by molar-refractivity contribution is 4.95. The van der Waals surface area contributed by atoms with E-state index in [4.69, 9.17) is 0 Å². The van der Waals surface area contributed by atoms with E-state index in [1.54, 1.807) is 0 Å². The van der Waals surface area contributed by atoms with Crippen molar-refractivity contribution < 1.29 is 0 Å². The van der Waals surface area contributed by atoms with E-state index in [1.807, 2.05) is 0 Å². The second-order valence-corrected chi connectivity index (χ2v) is 4.74. The molecule has 0 aliphatic carbocycles. The maximum absolute atomic E-state index is 3.39. The van der Waals surface area contributed by atoms with Gasteiger partial charge in [-0.25, -0.2) is 0 Å². The summed E-state index contributed by atoms with van der Waals surface area (Å²) in [6.07, 6.45) is 4.10. The first-order valence-electron chi connectivity index (χ1n) is 6.19. The average molecular weight is 198 g/mol. The third kappa shape index (κ3) is 2.96. The topological polar surface area (TPSA) is 15.3 Å². The van der Waals surface area contributed by atoms with Gasteiger partial charge in [-0.15, -0.1) is 0 Å². The molecule has 14 heavy (non-hydrogen) atoms. The highest BCUT2D eigenvalue weighted by Gasteiger charge is 2.38. The molecule has 2 heteroatoms. The molecule has 0 amide bonds. The van der Waals surface area contributed by atoms with E-state index >= 15 is 0 Å². The first-order chi connectivity index (χ1) is 6.76. The molecule has 2 aliphatic rings. The zero-order chi connectivity index (χ0) is 10.4. The lowest BCUT2D eigenvalue weighted by Crippen LogP contribution is -2.58. The maximum atomic E-state index is 3.39. The van der Waals surface area contributed by atoms with Crippen LogP contribution in [0.25, 0.3) is 0 Å². The molecule has 2 heterocycles. The van der Waals surface area contributed by atoms with Gasteiger partial charge in [0, 0.05) is 13.1 Å². The summed E-state index contributed by atoms with van der Waals surface area (Å²) in [4.78, 5) is 2.56. The zero-order valence-electron chi connectivity index (χ0n) is 10.1. The predicted octanol–water partition coefficient (Wildman–Crippen LogP) is 2.11. The Morgan fingerprint density at radius 2 is 1.57 bits per heavy atom. The lowest BCUT2D eigenvalue weighted by molar-refractivity contribution is 0.0579. The van der Waals surface area contributed by atoms with Crippen molar-refractivity contribution in [1.29, 1.82) is 0 Å². The summed E-state index contributed by atoms with van der Waals surface area (Å²) < 4.78 is 0. The van der Waals surface area contributed by atoms with Gasteiger partial charge in [0.25, 0.3) is 0 Å². The van der Waals surface area contributed by atoms with Crippen LogP contribution in [0, 0.1) is 5.41 Å². The SMILES string of the molecule is CCC.CCN1CCC2(CC1)CNC2. The fourth-order valence-electron chi connectivity index (χ4n) is 2.18. The minimum Gasteiger partial charge on any atom is -0.316 e. The van der Waals surface area contributed by atoms with E-state index in [-0.39, 0.29) is 0 Å². The minimum atomic E-state index is 0.728. The summed E-state index contributed by atoms with van der Waals surface area (Å²) in [5.74, 6) is 0. The Hall–Kier alpha value is -0.0800. The molecule has 2 saturated heterocycles. The quantitative estimate of drug-likeness (QED) is 0.694. The molecule has 1 N–H and O–H groups in total. The van der Waals surface area contributed by atoms with Crippen molar-refractivity contribution in [3.63, 3.8) is 0 Å². The Balaban J connectivity index is 0.000000293. The van der Waals surface area contributed by atoms with Crippen molar-refractivity contribution in [2.24, 2.45) is 5.41 Å². The van der Waals surface area contributed by atoms with E-state index in [9.17, 15) is 0 Å². The summed E-state index contributed by atoms with van der Waals surface area (Å²) >= 11 is 0. The van der Waals surface area contributed by atoms with Crippen LogP contribution in [-0.4, -0.2) is 37.6 Å². The van der Waals surface area contributed by atoms with Crippen LogP contribution < -0.4 is 5.32 Å². The Kier molecular flexibility index (Phi) is 4.90. The fourth-order valence-corrected chi connectivity index (χ4v) is 2.18. The summed E-state index contributed by atoms with van der Waals surface area (Å²) in [5.41, 5.74) is 0.728. The largest absolute Gasteiger partial charge is 0.316 e. The van der Waals surface area contributed by atoms with E-state index in [2.05, 4.69) is 31.0 Å². The van der Waals surface area contributed by atoms with Gasteiger partial charge < -0.3 is 10.2 Å². The monoisotopic (exact) mass is 198 g/mol. The van der Waals surface area contributed by atoms with Crippen LogP contribution in [-0.2, 0) is 0 Å². The van der Waals surface area contributed by atoms with Crippen LogP contribution in [0.1, 0.15) is 40.0 Å². The van der Waals surface area contributed by atoms with Gasteiger partial charge >= 0.3 is 0 Å². The number of likely N-dealkylation sites (tertiary alicyclic amines) is 1. The van der Waals surface area contributed by atoms with Crippen molar-refractivity contribution >= 4 is 0 Å². The number of piperidine rings is 1. The van der Waals surface area contributed by atoms with Crippen molar-refractivity contribution in [3.8, 4) is 0 Å². The number of hydrogen-bond donors (Lipinski definition) is 1. The van der Waals surface area contributed by atoms with Crippen LogP contribution in [0.3, 0.4) is 0 Å². The van der Waals surface area contributed by atoms with Crippen molar-refractivity contribution in [2.45, 2.75) is 40.0 Å². The highest BCUT2D eigenvalue weighted by atomic mass is 15.1. The van der Waals surface area contributed by atoms with Crippen molar-refractivity contribution in [3.05, 3.63) is 0 Å². The molecular formula is C12H26N2. The third-order valence-corrected chi connectivity index (χ3v) is 3.36. The molecule has 0 aromatic heterocycles. The zero-order valence-corrected chi connectivity index (χ0v) is 10.1. The Labute approximate surface area is 89.1 Å². The van der Waals surface area contributed by atoms with Gasteiger partial charge in [0.1, 0.15) is 0 Å². The van der Waals surface area contributed by atoms with E-state index in [0.29, 0.717) is 0 Å². The second kappa shape index (κ2) is 5.72. The van der Waals surface area contributed by atoms with Crippen LogP contribution in [0.4, 0.5) is 0 Å². The van der Waals surface area contributed by atoms with E-state index in [1.165, 1.54) is 52.0 Å². The van der Waals surface area contributed by atoms with Gasteiger partial charge in [0.05, 0.1) is 0 Å². The molecule has 2 fully saturated rings. The standard InChI is InChI=1S/C9H18N2.C3H8/c1-2-11-5-3-9(4-6-11)7-10-8-9;1-3-2/h10H,2-8H2,1H3;3H2,1-2H3. The first kappa shape index (κ1) is 12.0. The number of nitrogens with zero attached hydrogens (tertiary/aromatic N) is 1. The van der Waals surface area contributed by atoms with Crippen LogP contribution in [0.5, 0.6) is 0 Å². The van der Waals surface area contributed by atoms with Crippen molar-refractivity contribution in [2.75, 3.05) is 32.7 Å². The predicted molar refractivity (Wildman–Crippen MR) is 62.6 cm³/mol. The van der Waals surface area contributed by atoms with Gasteiger partial charge in [-0.05, 0) is 37.9 Å². The summed E-state index contributed by atoms with van der Waals surface area (Å²) in [6, 6.07) is 0. The molecule has 84 valence electrons. The molecule has 0 atom stereocenters. The highest BCUT2D eigenvalue weighted by Crippen LogP contribution is 2.34. The number of hydrogen-bond acceptors (Lipinski definition) is 2. The van der Waals surface area contributed by atoms with E-state index < -0.39 is 0 Å². The molecule has 2 aliphatic heterocycles. The summed E-state index contributed by atoms with van der Waals surface area (Å²) in [7, 11) is 0. The smallest absolute Gasteiger partial charge is 0.00212 e. The third-order valence-electron chi connectivity index (χ3n) is 3.36. The second-order valence-electron chi connectivity index (χ2n) is 4.74. The maximum Gasteiger partial charge on any atom is 0.00212 e. The van der Waals surface area contributed by atoms with Gasteiger partial charge in [-0.3, -0.25) is 0 Å². The number of nitrogens with one attached hydrogen (secondary N) is 1. The van der Waals surface area contributed by atoms with Gasteiger partial charge in [0.2, 0.25) is 0 Å². The molecule has 0 radical (unpaired) electrons. The molecule has 2 nitrogen and oxygen atoms in total. The molecule has 2 rings (SSSR count). The Morgan fingerprint density at radius 3 is 1.86 bits per heavy atom. The summed E-state index contributed by atoms with van der Waals surface area (Å²) in [6.45, 7) is 13.0.